The minimum atomic E-state index is -0.423. The summed E-state index contributed by atoms with van der Waals surface area (Å²) in [6.45, 7) is 0.226. The van der Waals surface area contributed by atoms with E-state index in [1.54, 1.807) is 26.2 Å². The number of amides is 1. The van der Waals surface area contributed by atoms with Crippen molar-refractivity contribution in [2.75, 3.05) is 14.1 Å². The molecule has 1 aliphatic heterocycles. The Morgan fingerprint density at radius 1 is 1.28 bits per heavy atom. The standard InChI is InChI=1S/C19H15I2N3O4S/c1-22-19-23(2)18(25)16(29-19)9-12-7-14(20)17(15(21)8-12)28-10-11-4-3-5-13(6-11)24(26)27/h3-9H,10H2,1-2H3/b16-9+,22-19?. The Hall–Kier alpha value is -1.67. The third kappa shape index (κ3) is 5.09. The molecule has 0 N–H and O–H groups in total. The molecule has 3 rings (SSSR count). The fourth-order valence-electron chi connectivity index (χ4n) is 2.62. The first-order chi connectivity index (χ1) is 13.8. The predicted octanol–water partition coefficient (Wildman–Crippen LogP) is 4.91. The third-order valence-corrected chi connectivity index (χ3v) is 6.77. The minimum Gasteiger partial charge on any atom is -0.487 e. The van der Waals surface area contributed by atoms with Crippen molar-refractivity contribution >= 4 is 79.8 Å². The Morgan fingerprint density at radius 2 is 1.97 bits per heavy atom. The number of likely N-dealkylation sites (N-methyl/N-ethyl adjacent to an activating group) is 1. The highest BCUT2D eigenvalue weighted by molar-refractivity contribution is 14.1. The molecule has 1 heterocycles. The van der Waals surface area contributed by atoms with Gasteiger partial charge in [-0.15, -0.1) is 0 Å². The van der Waals surface area contributed by atoms with E-state index < -0.39 is 4.92 Å². The number of rotatable bonds is 5. The summed E-state index contributed by atoms with van der Waals surface area (Å²) in [5.74, 6) is 0.629. The van der Waals surface area contributed by atoms with Crippen LogP contribution in [0.5, 0.6) is 5.75 Å². The van der Waals surface area contributed by atoms with E-state index in [2.05, 4.69) is 50.2 Å². The van der Waals surface area contributed by atoms with Crippen LogP contribution in [0.3, 0.4) is 0 Å². The Balaban J connectivity index is 1.80. The summed E-state index contributed by atoms with van der Waals surface area (Å²) in [6.07, 6.45) is 1.84. The molecular weight excluding hydrogens is 620 g/mol. The van der Waals surface area contributed by atoms with Gasteiger partial charge in [0.25, 0.3) is 11.6 Å². The van der Waals surface area contributed by atoms with Gasteiger partial charge in [0.1, 0.15) is 12.4 Å². The lowest BCUT2D eigenvalue weighted by Gasteiger charge is -2.12. The number of halogens is 2. The number of carbonyl (C=O) groups is 1. The number of aliphatic imine (C=N–C) groups is 1. The fraction of sp³-hybridized carbons (Fsp3) is 0.158. The van der Waals surface area contributed by atoms with Crippen molar-refractivity contribution in [2.45, 2.75) is 6.61 Å². The average Bonchev–Trinajstić information content (AvgIpc) is 2.95. The quantitative estimate of drug-likeness (QED) is 0.202. The second-order valence-electron chi connectivity index (χ2n) is 6.01. The van der Waals surface area contributed by atoms with E-state index in [-0.39, 0.29) is 18.2 Å². The maximum Gasteiger partial charge on any atom is 0.269 e. The Morgan fingerprint density at radius 3 is 2.55 bits per heavy atom. The van der Waals surface area contributed by atoms with Crippen LogP contribution in [-0.2, 0) is 11.4 Å². The lowest BCUT2D eigenvalue weighted by atomic mass is 10.2. The molecule has 7 nitrogen and oxygen atoms in total. The second kappa shape index (κ2) is 9.43. The van der Waals surface area contributed by atoms with E-state index in [1.165, 1.54) is 28.8 Å². The van der Waals surface area contributed by atoms with Gasteiger partial charge in [-0.3, -0.25) is 24.8 Å². The summed E-state index contributed by atoms with van der Waals surface area (Å²) in [4.78, 5) is 29.1. The highest BCUT2D eigenvalue weighted by atomic mass is 127. The maximum absolute atomic E-state index is 12.3. The van der Waals surface area contributed by atoms with E-state index in [4.69, 9.17) is 4.74 Å². The van der Waals surface area contributed by atoms with Crippen molar-refractivity contribution in [3.8, 4) is 5.75 Å². The van der Waals surface area contributed by atoms with Crippen molar-refractivity contribution < 1.29 is 14.5 Å². The van der Waals surface area contributed by atoms with Crippen molar-refractivity contribution in [2.24, 2.45) is 4.99 Å². The van der Waals surface area contributed by atoms with Crippen LogP contribution in [0, 0.1) is 17.3 Å². The van der Waals surface area contributed by atoms with Crippen molar-refractivity contribution in [1.29, 1.82) is 0 Å². The SMILES string of the molecule is CN=C1S/C(=C/c2cc(I)c(OCc3cccc([N+](=O)[O-])c3)c(I)c2)C(=O)N1C. The van der Waals surface area contributed by atoms with E-state index >= 15 is 0 Å². The van der Waals surface area contributed by atoms with Crippen molar-refractivity contribution in [3.05, 3.63) is 69.7 Å². The van der Waals surface area contributed by atoms with Crippen LogP contribution in [0.25, 0.3) is 6.08 Å². The number of benzene rings is 2. The van der Waals surface area contributed by atoms with Crippen LogP contribution in [0.15, 0.2) is 46.3 Å². The number of hydrogen-bond donors (Lipinski definition) is 0. The highest BCUT2D eigenvalue weighted by Gasteiger charge is 2.29. The Labute approximate surface area is 199 Å². The van der Waals surface area contributed by atoms with Crippen LogP contribution in [0.4, 0.5) is 5.69 Å². The number of nitro benzene ring substituents is 1. The zero-order chi connectivity index (χ0) is 21.1. The lowest BCUT2D eigenvalue weighted by Crippen LogP contribution is -2.23. The van der Waals surface area contributed by atoms with Gasteiger partial charge in [-0.1, -0.05) is 12.1 Å². The average molecular weight is 635 g/mol. The molecule has 0 atom stereocenters. The van der Waals surface area contributed by atoms with Gasteiger partial charge in [0.15, 0.2) is 5.17 Å². The van der Waals surface area contributed by atoms with Gasteiger partial charge in [0.05, 0.1) is 17.0 Å². The molecule has 0 spiro atoms. The molecule has 0 bridgehead atoms. The predicted molar refractivity (Wildman–Crippen MR) is 131 cm³/mol. The molecule has 0 saturated carbocycles. The summed E-state index contributed by atoms with van der Waals surface area (Å²) in [5.41, 5.74) is 1.65. The molecule has 0 radical (unpaired) electrons. The zero-order valence-corrected chi connectivity index (χ0v) is 20.5. The number of amidine groups is 1. The number of nitro groups is 1. The largest absolute Gasteiger partial charge is 0.487 e. The van der Waals surface area contributed by atoms with E-state index in [1.807, 2.05) is 18.2 Å². The smallest absolute Gasteiger partial charge is 0.269 e. The van der Waals surface area contributed by atoms with Crippen molar-refractivity contribution in [3.63, 3.8) is 0 Å². The van der Waals surface area contributed by atoms with Crippen molar-refractivity contribution in [1.82, 2.24) is 4.90 Å². The van der Waals surface area contributed by atoms with Gasteiger partial charge in [0.2, 0.25) is 0 Å². The summed E-state index contributed by atoms with van der Waals surface area (Å²) < 4.78 is 7.71. The molecular formula is C19H15I2N3O4S. The number of hydrogen-bond acceptors (Lipinski definition) is 6. The number of nitrogens with zero attached hydrogens (tertiary/aromatic N) is 3. The molecule has 0 aromatic heterocycles. The van der Waals surface area contributed by atoms with E-state index in [0.29, 0.717) is 15.8 Å². The van der Waals surface area contributed by atoms with E-state index in [9.17, 15) is 14.9 Å². The molecule has 1 saturated heterocycles. The molecule has 29 heavy (non-hydrogen) atoms. The Kier molecular flexibility index (Phi) is 7.16. The molecule has 0 unspecified atom stereocenters. The van der Waals surface area contributed by atoms with Gasteiger partial charge in [0, 0.05) is 26.2 Å². The topological polar surface area (TPSA) is 85.0 Å². The first-order valence-electron chi connectivity index (χ1n) is 8.29. The summed E-state index contributed by atoms with van der Waals surface area (Å²) in [5, 5.41) is 11.6. The number of ether oxygens (including phenoxy) is 1. The van der Waals surface area contributed by atoms with E-state index in [0.717, 1.165) is 18.3 Å². The monoisotopic (exact) mass is 635 g/mol. The summed E-state index contributed by atoms with van der Waals surface area (Å²) in [6, 6.07) is 10.3. The number of non-ortho nitro benzene ring substituents is 1. The van der Waals surface area contributed by atoms with Gasteiger partial charge in [-0.05, 0) is 86.3 Å². The van der Waals surface area contributed by atoms with Gasteiger partial charge < -0.3 is 4.74 Å². The lowest BCUT2D eigenvalue weighted by molar-refractivity contribution is -0.384. The minimum absolute atomic E-state index is 0.0381. The summed E-state index contributed by atoms with van der Waals surface area (Å²) >= 11 is 5.72. The molecule has 150 valence electrons. The van der Waals surface area contributed by atoms with Gasteiger partial charge in [-0.2, -0.15) is 0 Å². The second-order valence-corrected chi connectivity index (χ2v) is 9.34. The fourth-order valence-corrected chi connectivity index (χ4v) is 5.67. The first kappa shape index (κ1) is 22.0. The molecule has 1 fully saturated rings. The van der Waals surface area contributed by atoms with Crippen LogP contribution < -0.4 is 4.74 Å². The number of thioether (sulfide) groups is 1. The Bertz CT molecular complexity index is 1030. The van der Waals surface area contributed by atoms with Crippen LogP contribution >= 0.6 is 56.9 Å². The molecule has 2 aromatic carbocycles. The third-order valence-electron chi connectivity index (χ3n) is 4.02. The molecule has 2 aromatic rings. The zero-order valence-electron chi connectivity index (χ0n) is 15.4. The molecule has 0 aliphatic carbocycles. The molecule has 10 heteroatoms. The van der Waals surface area contributed by atoms with Crippen LogP contribution in [0.1, 0.15) is 11.1 Å². The molecule has 1 aliphatic rings. The highest BCUT2D eigenvalue weighted by Crippen LogP contribution is 2.34. The first-order valence-corrected chi connectivity index (χ1v) is 11.3. The molecule has 1 amide bonds. The van der Waals surface area contributed by atoms with Gasteiger partial charge >= 0.3 is 0 Å². The normalized spacial score (nSPS) is 16.7. The maximum atomic E-state index is 12.3. The number of carbonyl (C=O) groups excluding carboxylic acids is 1. The van der Waals surface area contributed by atoms with Crippen LogP contribution in [-0.4, -0.2) is 35.0 Å². The van der Waals surface area contributed by atoms with Crippen LogP contribution in [0.2, 0.25) is 0 Å². The summed E-state index contributed by atoms with van der Waals surface area (Å²) in [7, 11) is 3.37. The van der Waals surface area contributed by atoms with Gasteiger partial charge in [-0.25, -0.2) is 0 Å².